The Bertz CT molecular complexity index is 886. The first-order valence-corrected chi connectivity index (χ1v) is 7.91. The molecule has 7 nitrogen and oxygen atoms in total. The molecule has 2 aromatic heterocycles. The van der Waals surface area contributed by atoms with E-state index in [-0.39, 0.29) is 5.91 Å². The number of amides is 1. The molecule has 1 amide bonds. The van der Waals surface area contributed by atoms with Crippen LogP contribution < -0.4 is 4.74 Å². The van der Waals surface area contributed by atoms with E-state index in [4.69, 9.17) is 4.74 Å². The highest BCUT2D eigenvalue weighted by molar-refractivity contribution is 5.98. The van der Waals surface area contributed by atoms with Crippen molar-refractivity contribution in [1.82, 2.24) is 24.8 Å². The molecule has 0 radical (unpaired) electrons. The zero-order valence-corrected chi connectivity index (χ0v) is 13.4. The van der Waals surface area contributed by atoms with Crippen molar-refractivity contribution in [3.63, 3.8) is 0 Å². The Morgan fingerprint density at radius 1 is 1.00 bits per heavy atom. The van der Waals surface area contributed by atoms with Crippen LogP contribution in [0, 0.1) is 0 Å². The second-order valence-electron chi connectivity index (χ2n) is 5.52. The number of rotatable bonds is 3. The summed E-state index contributed by atoms with van der Waals surface area (Å²) in [5, 5.41) is 0. The minimum atomic E-state index is -0.113. The third-order valence-electron chi connectivity index (χ3n) is 3.89. The minimum Gasteiger partial charge on any atom is -0.491 e. The van der Waals surface area contributed by atoms with Crippen molar-refractivity contribution in [2.75, 3.05) is 13.2 Å². The van der Waals surface area contributed by atoms with Gasteiger partial charge in [0, 0.05) is 30.4 Å². The SMILES string of the molecule is O=C1c2cc(-c3ncccn3)ccc2OCCN1Cc1ncccn1. The summed E-state index contributed by atoms with van der Waals surface area (Å²) in [6, 6.07) is 8.93. The molecule has 1 aliphatic heterocycles. The summed E-state index contributed by atoms with van der Waals surface area (Å²) in [6.07, 6.45) is 6.68. The van der Waals surface area contributed by atoms with E-state index >= 15 is 0 Å². The maximum Gasteiger partial charge on any atom is 0.258 e. The zero-order chi connectivity index (χ0) is 17.1. The second-order valence-corrected chi connectivity index (χ2v) is 5.52. The molecule has 3 heterocycles. The fourth-order valence-corrected chi connectivity index (χ4v) is 2.68. The van der Waals surface area contributed by atoms with Crippen molar-refractivity contribution in [2.45, 2.75) is 6.54 Å². The highest BCUT2D eigenvalue weighted by atomic mass is 16.5. The topological polar surface area (TPSA) is 81.1 Å². The average Bonchev–Trinajstić information content (AvgIpc) is 2.82. The predicted molar refractivity (Wildman–Crippen MR) is 89.7 cm³/mol. The molecular formula is C18H15N5O2. The summed E-state index contributed by atoms with van der Waals surface area (Å²) in [7, 11) is 0. The van der Waals surface area contributed by atoms with Crippen LogP contribution in [-0.2, 0) is 6.54 Å². The molecule has 0 atom stereocenters. The van der Waals surface area contributed by atoms with Crippen molar-refractivity contribution >= 4 is 5.91 Å². The van der Waals surface area contributed by atoms with Gasteiger partial charge >= 0.3 is 0 Å². The molecule has 7 heteroatoms. The number of hydrogen-bond donors (Lipinski definition) is 0. The summed E-state index contributed by atoms with van der Waals surface area (Å²) < 4.78 is 5.73. The van der Waals surface area contributed by atoms with E-state index in [1.165, 1.54) is 0 Å². The Labute approximate surface area is 144 Å². The summed E-state index contributed by atoms with van der Waals surface area (Å²) >= 11 is 0. The van der Waals surface area contributed by atoms with E-state index in [9.17, 15) is 4.79 Å². The van der Waals surface area contributed by atoms with Gasteiger partial charge in [0.1, 0.15) is 18.2 Å². The Balaban J connectivity index is 1.67. The number of ether oxygens (including phenoxy) is 1. The first-order valence-electron chi connectivity index (χ1n) is 7.91. The summed E-state index contributed by atoms with van der Waals surface area (Å²) in [4.78, 5) is 31.5. The van der Waals surface area contributed by atoms with Crippen molar-refractivity contribution < 1.29 is 9.53 Å². The minimum absolute atomic E-state index is 0.113. The highest BCUT2D eigenvalue weighted by Gasteiger charge is 2.25. The number of aromatic nitrogens is 4. The summed E-state index contributed by atoms with van der Waals surface area (Å²) in [6.45, 7) is 1.24. The van der Waals surface area contributed by atoms with Gasteiger partial charge in [0.2, 0.25) is 0 Å². The van der Waals surface area contributed by atoms with Gasteiger partial charge in [-0.25, -0.2) is 19.9 Å². The van der Waals surface area contributed by atoms with E-state index in [1.54, 1.807) is 54.0 Å². The smallest absolute Gasteiger partial charge is 0.258 e. The number of hydrogen-bond acceptors (Lipinski definition) is 6. The van der Waals surface area contributed by atoms with Crippen LogP contribution in [0.5, 0.6) is 5.75 Å². The Kier molecular flexibility index (Phi) is 4.04. The third-order valence-corrected chi connectivity index (χ3v) is 3.89. The van der Waals surface area contributed by atoms with Gasteiger partial charge in [-0.15, -0.1) is 0 Å². The largest absolute Gasteiger partial charge is 0.491 e. The van der Waals surface area contributed by atoms with E-state index in [0.717, 1.165) is 5.56 Å². The van der Waals surface area contributed by atoms with Crippen LogP contribution in [0.1, 0.15) is 16.2 Å². The van der Waals surface area contributed by atoms with Crippen molar-refractivity contribution in [1.29, 1.82) is 0 Å². The van der Waals surface area contributed by atoms with Crippen molar-refractivity contribution in [3.05, 3.63) is 66.5 Å². The lowest BCUT2D eigenvalue weighted by Crippen LogP contribution is -2.32. The first kappa shape index (κ1) is 15.2. The molecule has 3 aromatic rings. The monoisotopic (exact) mass is 333 g/mol. The second kappa shape index (κ2) is 6.64. The maximum absolute atomic E-state index is 13.0. The standard InChI is InChI=1S/C18H15N5O2/c24-18-14-11-13(17-21-7-2-8-22-17)3-4-15(14)25-10-9-23(18)12-16-19-5-1-6-20-16/h1-8,11H,9-10,12H2. The molecule has 0 aliphatic carbocycles. The Morgan fingerprint density at radius 2 is 1.72 bits per heavy atom. The molecule has 0 fully saturated rings. The molecule has 0 saturated heterocycles. The summed E-state index contributed by atoms with van der Waals surface area (Å²) in [5.74, 6) is 1.63. The molecule has 0 spiro atoms. The van der Waals surface area contributed by atoms with Crippen molar-refractivity contribution in [2.24, 2.45) is 0 Å². The quantitative estimate of drug-likeness (QED) is 0.729. The fourth-order valence-electron chi connectivity index (χ4n) is 2.68. The molecule has 1 aliphatic rings. The van der Waals surface area contributed by atoms with Crippen LogP contribution in [0.4, 0.5) is 0 Å². The molecule has 25 heavy (non-hydrogen) atoms. The van der Waals surface area contributed by atoms with Gasteiger partial charge in [-0.05, 0) is 30.3 Å². The molecular weight excluding hydrogens is 318 g/mol. The van der Waals surface area contributed by atoms with E-state index in [2.05, 4.69) is 19.9 Å². The first-order chi connectivity index (χ1) is 12.3. The number of fused-ring (bicyclic) bond motifs is 1. The molecule has 0 bridgehead atoms. The molecule has 0 N–H and O–H groups in total. The zero-order valence-electron chi connectivity index (χ0n) is 13.4. The number of nitrogens with zero attached hydrogens (tertiary/aromatic N) is 5. The van der Waals surface area contributed by atoms with Crippen LogP contribution in [0.15, 0.2) is 55.1 Å². The van der Waals surface area contributed by atoms with E-state index in [0.29, 0.717) is 42.7 Å². The molecule has 1 aromatic carbocycles. The summed E-state index contributed by atoms with van der Waals surface area (Å²) in [5.41, 5.74) is 1.27. The van der Waals surface area contributed by atoms with E-state index < -0.39 is 0 Å². The third kappa shape index (κ3) is 3.16. The van der Waals surface area contributed by atoms with Gasteiger partial charge in [0.15, 0.2) is 5.82 Å². The molecule has 4 rings (SSSR count). The number of carbonyl (C=O) groups is 1. The average molecular weight is 333 g/mol. The van der Waals surface area contributed by atoms with Crippen LogP contribution in [0.25, 0.3) is 11.4 Å². The van der Waals surface area contributed by atoms with Gasteiger partial charge in [0.05, 0.1) is 18.7 Å². The van der Waals surface area contributed by atoms with Crippen molar-refractivity contribution in [3.8, 4) is 17.1 Å². The molecule has 0 unspecified atom stereocenters. The van der Waals surface area contributed by atoms with Crippen LogP contribution in [-0.4, -0.2) is 43.9 Å². The van der Waals surface area contributed by atoms with Crippen LogP contribution in [0.3, 0.4) is 0 Å². The van der Waals surface area contributed by atoms with Gasteiger partial charge in [0.25, 0.3) is 5.91 Å². The van der Waals surface area contributed by atoms with Gasteiger partial charge in [-0.2, -0.15) is 0 Å². The fraction of sp³-hybridized carbons (Fsp3) is 0.167. The predicted octanol–water partition coefficient (Wildman–Crippen LogP) is 1.97. The van der Waals surface area contributed by atoms with Gasteiger partial charge in [-0.1, -0.05) is 0 Å². The lowest BCUT2D eigenvalue weighted by molar-refractivity contribution is 0.0738. The van der Waals surface area contributed by atoms with Crippen LogP contribution in [0.2, 0.25) is 0 Å². The molecule has 0 saturated carbocycles. The van der Waals surface area contributed by atoms with Gasteiger partial charge in [-0.3, -0.25) is 4.79 Å². The Hall–Kier alpha value is -3.35. The van der Waals surface area contributed by atoms with Crippen LogP contribution >= 0.6 is 0 Å². The van der Waals surface area contributed by atoms with E-state index in [1.807, 2.05) is 6.07 Å². The lowest BCUT2D eigenvalue weighted by atomic mass is 10.1. The maximum atomic E-state index is 13.0. The number of benzene rings is 1. The number of carbonyl (C=O) groups excluding carboxylic acids is 1. The molecule has 124 valence electrons. The normalized spacial score (nSPS) is 13.8. The lowest BCUT2D eigenvalue weighted by Gasteiger charge is -2.18. The van der Waals surface area contributed by atoms with Gasteiger partial charge < -0.3 is 9.64 Å². The highest BCUT2D eigenvalue weighted by Crippen LogP contribution is 2.28. The Morgan fingerprint density at radius 3 is 2.48 bits per heavy atom.